The number of hydrogen-bond acceptors (Lipinski definition) is 5. The molecule has 24 heavy (non-hydrogen) atoms. The smallest absolute Gasteiger partial charge is 0.209 e. The molecule has 2 aliphatic heterocycles. The van der Waals surface area contributed by atoms with E-state index >= 15 is 0 Å². The molecule has 1 atom stereocenters. The Bertz CT molecular complexity index is 472. The molecule has 0 spiro atoms. The summed E-state index contributed by atoms with van der Waals surface area (Å²) in [4.78, 5) is 0. The number of hydrogen-bond donors (Lipinski definition) is 0. The monoisotopic (exact) mass is 361 g/mol. The Balaban J connectivity index is 2.04. The Hall–Kier alpha value is -0.0100. The molecule has 2 rings (SSSR count). The molecule has 2 radical (unpaired) electrons. The average molecular weight is 361 g/mol. The summed E-state index contributed by atoms with van der Waals surface area (Å²) in [5, 5.41) is 26.1. The van der Waals surface area contributed by atoms with Gasteiger partial charge in [0, 0.05) is 37.9 Å². The molecule has 2 heterocycles. The minimum atomic E-state index is -2.36. The highest BCUT2D eigenvalue weighted by atomic mass is 31.2. The first-order valence-corrected chi connectivity index (χ1v) is 10.7. The lowest BCUT2D eigenvalue weighted by Gasteiger charge is -2.50. The van der Waals surface area contributed by atoms with Gasteiger partial charge in [-0.1, -0.05) is 0 Å². The lowest BCUT2D eigenvalue weighted by molar-refractivity contribution is -0.296. The van der Waals surface area contributed by atoms with Crippen LogP contribution in [-0.2, 0) is 19.5 Å². The van der Waals surface area contributed by atoms with Crippen LogP contribution in [0.2, 0.25) is 0 Å². The zero-order valence-corrected chi connectivity index (χ0v) is 16.7. The van der Waals surface area contributed by atoms with Crippen molar-refractivity contribution in [1.82, 2.24) is 10.1 Å². The molecule has 1 unspecified atom stereocenters. The van der Waals surface area contributed by atoms with E-state index in [4.69, 9.17) is 9.05 Å². The van der Waals surface area contributed by atoms with E-state index in [1.54, 1.807) is 7.05 Å². The number of hydroxylamine groups is 4. The van der Waals surface area contributed by atoms with Gasteiger partial charge in [0.15, 0.2) is 0 Å². The third-order valence-corrected chi connectivity index (χ3v) is 7.11. The van der Waals surface area contributed by atoms with Crippen molar-refractivity contribution in [2.75, 3.05) is 26.8 Å². The lowest BCUT2D eigenvalue weighted by Crippen LogP contribution is -2.59. The molecule has 0 bridgehead atoms. The van der Waals surface area contributed by atoms with Gasteiger partial charge in [-0.05, 0) is 53.4 Å². The average Bonchev–Trinajstić information content (AvgIpc) is 2.46. The van der Waals surface area contributed by atoms with Gasteiger partial charge in [-0.15, -0.1) is 15.5 Å². The van der Waals surface area contributed by atoms with E-state index in [1.165, 1.54) is 5.06 Å². The van der Waals surface area contributed by atoms with E-state index in [9.17, 15) is 10.4 Å². The summed E-state index contributed by atoms with van der Waals surface area (Å²) in [7, 11) is -0.624. The van der Waals surface area contributed by atoms with Crippen molar-refractivity contribution in [3.05, 3.63) is 0 Å². The fourth-order valence-corrected chi connectivity index (χ4v) is 5.56. The van der Waals surface area contributed by atoms with Crippen LogP contribution in [-0.4, -0.2) is 60.2 Å². The standard InChI is InChI=1S/C16H32N3O4P/c1-15(2)11-14(12-16(3,4)19(15)21)23-24(6,17-5)22-13-7-9-18(20)10-8-13/h13-14H,7-12H2,1-6H3. The molecular formula is C16H32N3O4P. The van der Waals surface area contributed by atoms with Crippen molar-refractivity contribution in [3.63, 3.8) is 0 Å². The van der Waals surface area contributed by atoms with Gasteiger partial charge in [0.1, 0.15) is 0 Å². The van der Waals surface area contributed by atoms with Gasteiger partial charge in [0.2, 0.25) is 7.51 Å². The van der Waals surface area contributed by atoms with Crippen LogP contribution in [0, 0.1) is 0 Å². The Morgan fingerprint density at radius 3 is 1.88 bits per heavy atom. The highest BCUT2D eigenvalue weighted by Gasteiger charge is 2.47. The van der Waals surface area contributed by atoms with E-state index in [-0.39, 0.29) is 12.2 Å². The maximum Gasteiger partial charge on any atom is 0.209 e. The van der Waals surface area contributed by atoms with Gasteiger partial charge in [0.25, 0.3) is 0 Å². The number of nitrogens with zero attached hydrogens (tertiary/aromatic N) is 3. The molecule has 0 N–H and O–H groups in total. The van der Waals surface area contributed by atoms with E-state index in [2.05, 4.69) is 4.74 Å². The first-order chi connectivity index (χ1) is 11.0. The largest absolute Gasteiger partial charge is 0.321 e. The summed E-state index contributed by atoms with van der Waals surface area (Å²) in [6.45, 7) is 10.8. The fraction of sp³-hybridized carbons (Fsp3) is 1.00. The van der Waals surface area contributed by atoms with Crippen LogP contribution in [0.5, 0.6) is 0 Å². The highest BCUT2D eigenvalue weighted by molar-refractivity contribution is 7.55. The summed E-state index contributed by atoms with van der Waals surface area (Å²) < 4.78 is 17.0. The van der Waals surface area contributed by atoms with Crippen LogP contribution < -0.4 is 0 Å². The molecule has 140 valence electrons. The Morgan fingerprint density at radius 2 is 1.42 bits per heavy atom. The summed E-state index contributed by atoms with van der Waals surface area (Å²) >= 11 is 0. The quantitative estimate of drug-likeness (QED) is 0.718. The zero-order chi connectivity index (χ0) is 18.2. The van der Waals surface area contributed by atoms with Gasteiger partial charge >= 0.3 is 0 Å². The second-order valence-electron chi connectivity index (χ2n) is 8.29. The highest BCUT2D eigenvalue weighted by Crippen LogP contribution is 2.54. The predicted molar refractivity (Wildman–Crippen MR) is 92.4 cm³/mol. The van der Waals surface area contributed by atoms with Crippen LogP contribution in [0.4, 0.5) is 0 Å². The van der Waals surface area contributed by atoms with Gasteiger partial charge in [-0.25, -0.2) is 0 Å². The fourth-order valence-electron chi connectivity index (χ4n) is 3.86. The third-order valence-electron chi connectivity index (χ3n) is 5.01. The van der Waals surface area contributed by atoms with Gasteiger partial charge in [-0.2, -0.15) is 5.06 Å². The molecule has 0 aliphatic carbocycles. The Kier molecular flexibility index (Phi) is 6.19. The van der Waals surface area contributed by atoms with Crippen molar-refractivity contribution in [2.24, 2.45) is 4.74 Å². The molecule has 0 amide bonds. The Labute approximate surface area is 146 Å². The van der Waals surface area contributed by atoms with E-state index in [1.807, 2.05) is 34.4 Å². The van der Waals surface area contributed by atoms with Crippen LogP contribution in [0.3, 0.4) is 0 Å². The summed E-state index contributed by atoms with van der Waals surface area (Å²) in [6, 6.07) is 0. The molecule has 7 nitrogen and oxygen atoms in total. The lowest BCUT2D eigenvalue weighted by atomic mass is 9.80. The molecule has 0 saturated carbocycles. The first-order valence-electron chi connectivity index (χ1n) is 8.72. The SMILES string of the molecule is CN=P(C)(OC1CCN([O])CC1)OC1CC(C)(C)N([O])C(C)(C)C1. The van der Waals surface area contributed by atoms with Crippen LogP contribution >= 0.6 is 7.51 Å². The van der Waals surface area contributed by atoms with Crippen LogP contribution in [0.15, 0.2) is 4.74 Å². The zero-order valence-electron chi connectivity index (χ0n) is 15.8. The molecule has 0 aromatic heterocycles. The van der Waals surface area contributed by atoms with Crippen LogP contribution in [0.1, 0.15) is 53.4 Å². The second kappa shape index (κ2) is 7.31. The van der Waals surface area contributed by atoms with Crippen molar-refractivity contribution in [2.45, 2.75) is 76.7 Å². The molecule has 2 aliphatic rings. The second-order valence-corrected chi connectivity index (χ2v) is 10.7. The predicted octanol–water partition coefficient (Wildman–Crippen LogP) is 3.49. The molecule has 2 saturated heterocycles. The minimum absolute atomic E-state index is 0.0258. The van der Waals surface area contributed by atoms with Gasteiger partial charge in [-0.3, -0.25) is 4.74 Å². The molecular weight excluding hydrogens is 329 g/mol. The van der Waals surface area contributed by atoms with Crippen molar-refractivity contribution >= 4 is 7.51 Å². The van der Waals surface area contributed by atoms with E-state index in [0.717, 1.165) is 5.06 Å². The van der Waals surface area contributed by atoms with Crippen molar-refractivity contribution < 1.29 is 19.5 Å². The normalized spacial score (nSPS) is 29.3. The van der Waals surface area contributed by atoms with Crippen molar-refractivity contribution in [1.29, 1.82) is 0 Å². The Morgan fingerprint density at radius 1 is 0.958 bits per heavy atom. The summed E-state index contributed by atoms with van der Waals surface area (Å²) in [5.41, 5.74) is -0.947. The topological polar surface area (TPSA) is 77.1 Å². The maximum atomic E-state index is 12.5. The number of piperidine rings is 2. The third kappa shape index (κ3) is 4.79. The first kappa shape index (κ1) is 20.3. The molecule has 2 fully saturated rings. The maximum absolute atomic E-state index is 12.5. The van der Waals surface area contributed by atoms with Crippen molar-refractivity contribution in [3.8, 4) is 0 Å². The molecule has 0 aromatic rings. The van der Waals surface area contributed by atoms with E-state index < -0.39 is 18.6 Å². The summed E-state index contributed by atoms with van der Waals surface area (Å²) in [6.07, 6.45) is 2.72. The minimum Gasteiger partial charge on any atom is -0.321 e. The van der Waals surface area contributed by atoms with Crippen LogP contribution in [0.25, 0.3) is 0 Å². The van der Waals surface area contributed by atoms with E-state index in [0.29, 0.717) is 38.8 Å². The van der Waals surface area contributed by atoms with Gasteiger partial charge < -0.3 is 9.05 Å². The number of rotatable bonds is 4. The molecule has 0 aromatic carbocycles. The van der Waals surface area contributed by atoms with Gasteiger partial charge in [0.05, 0.1) is 12.2 Å². The summed E-state index contributed by atoms with van der Waals surface area (Å²) in [5.74, 6) is 0. The molecule has 8 heteroatoms.